The van der Waals surface area contributed by atoms with Crippen LogP contribution in [0.25, 0.3) is 0 Å². The van der Waals surface area contributed by atoms with Gasteiger partial charge in [0.05, 0.1) is 11.5 Å². The molecule has 6 nitrogen and oxygen atoms in total. The normalized spacial score (nSPS) is 24.5. The van der Waals surface area contributed by atoms with Gasteiger partial charge in [0.1, 0.15) is 5.82 Å². The molecule has 0 amide bonds. The molecule has 0 bridgehead atoms. The van der Waals surface area contributed by atoms with Gasteiger partial charge in [0.2, 0.25) is 5.95 Å². The number of hydrogen-bond donors (Lipinski definition) is 1. The molecule has 2 fully saturated rings. The summed E-state index contributed by atoms with van der Waals surface area (Å²) < 4.78 is 23.6. The van der Waals surface area contributed by atoms with Crippen LogP contribution in [0.4, 0.5) is 11.8 Å². The molecule has 2 aliphatic rings. The first-order chi connectivity index (χ1) is 11.6. The molecule has 0 aromatic carbocycles. The van der Waals surface area contributed by atoms with Gasteiger partial charge in [0.15, 0.2) is 9.84 Å². The lowest BCUT2D eigenvalue weighted by Gasteiger charge is -2.28. The molecular weight excluding hydrogens is 324 g/mol. The van der Waals surface area contributed by atoms with Crippen molar-refractivity contribution in [2.75, 3.05) is 28.3 Å². The molecule has 0 spiro atoms. The molecule has 1 N–H and O–H groups in total. The largest absolute Gasteiger partial charge is 0.353 e. The van der Waals surface area contributed by atoms with Crippen LogP contribution in [-0.4, -0.2) is 48.5 Å². The summed E-state index contributed by atoms with van der Waals surface area (Å²) in [6, 6.07) is 2.36. The number of aromatic nitrogens is 2. The van der Waals surface area contributed by atoms with Gasteiger partial charge in [-0.25, -0.2) is 13.4 Å². The summed E-state index contributed by atoms with van der Waals surface area (Å²) in [5.41, 5.74) is 0. The Kier molecular flexibility index (Phi) is 5.58. The van der Waals surface area contributed by atoms with E-state index in [1.807, 2.05) is 13.0 Å². The second-order valence-corrected chi connectivity index (χ2v) is 9.14. The van der Waals surface area contributed by atoms with E-state index in [-0.39, 0.29) is 17.5 Å². The van der Waals surface area contributed by atoms with E-state index >= 15 is 0 Å². The third-order valence-electron chi connectivity index (χ3n) is 5.11. The van der Waals surface area contributed by atoms with Gasteiger partial charge >= 0.3 is 0 Å². The Bertz CT molecular complexity index is 642. The molecule has 3 rings (SSSR count). The molecule has 1 aromatic rings. The Hall–Kier alpha value is -1.37. The van der Waals surface area contributed by atoms with Crippen LogP contribution in [0.15, 0.2) is 12.3 Å². The van der Waals surface area contributed by atoms with Crippen molar-refractivity contribution in [1.29, 1.82) is 0 Å². The summed E-state index contributed by atoms with van der Waals surface area (Å²) in [5, 5.41) is 3.48. The second-order valence-electron chi connectivity index (χ2n) is 6.91. The predicted molar refractivity (Wildman–Crippen MR) is 97.2 cm³/mol. The summed E-state index contributed by atoms with van der Waals surface area (Å²) in [6.07, 6.45) is 9.96. The van der Waals surface area contributed by atoms with Gasteiger partial charge in [-0.15, -0.1) is 0 Å². The monoisotopic (exact) mass is 352 g/mol. The van der Waals surface area contributed by atoms with Crippen molar-refractivity contribution in [3.05, 3.63) is 12.3 Å². The van der Waals surface area contributed by atoms with Crippen molar-refractivity contribution in [2.45, 2.75) is 64.0 Å². The second kappa shape index (κ2) is 7.68. The summed E-state index contributed by atoms with van der Waals surface area (Å²) in [7, 11) is -2.90. The quantitative estimate of drug-likeness (QED) is 0.821. The maximum Gasteiger partial charge on any atom is 0.224 e. The third-order valence-corrected chi connectivity index (χ3v) is 6.86. The minimum absolute atomic E-state index is 0.0284. The molecule has 0 radical (unpaired) electrons. The summed E-state index contributed by atoms with van der Waals surface area (Å²) >= 11 is 0. The molecule has 2 heterocycles. The highest BCUT2D eigenvalue weighted by Gasteiger charge is 2.32. The standard InChI is InChI=1S/C17H28N4O2S/c1-2-21(15-10-12-24(22,23)13-15)16-9-11-18-17(20-16)19-14-7-5-3-4-6-8-14/h9,11,14-15H,2-8,10,12-13H2,1H3,(H,18,19,20). The van der Waals surface area contributed by atoms with Crippen LogP contribution < -0.4 is 10.2 Å². The van der Waals surface area contributed by atoms with E-state index in [0.29, 0.717) is 18.4 Å². The molecule has 1 aromatic heterocycles. The van der Waals surface area contributed by atoms with Crippen LogP contribution in [0.5, 0.6) is 0 Å². The number of rotatable bonds is 5. The molecule has 7 heteroatoms. The minimum Gasteiger partial charge on any atom is -0.353 e. The fourth-order valence-electron chi connectivity index (χ4n) is 3.81. The first kappa shape index (κ1) is 17.5. The molecule has 1 saturated carbocycles. The zero-order valence-electron chi connectivity index (χ0n) is 14.4. The van der Waals surface area contributed by atoms with Crippen LogP contribution in [0.1, 0.15) is 51.9 Å². The lowest BCUT2D eigenvalue weighted by molar-refractivity contribution is 0.599. The van der Waals surface area contributed by atoms with Crippen molar-refractivity contribution >= 4 is 21.6 Å². The molecular formula is C17H28N4O2S. The predicted octanol–water partition coefficient (Wildman–Crippen LogP) is 2.62. The van der Waals surface area contributed by atoms with Crippen LogP contribution in [0, 0.1) is 0 Å². The van der Waals surface area contributed by atoms with E-state index in [1.165, 1.54) is 38.5 Å². The third kappa shape index (κ3) is 4.37. The first-order valence-corrected chi connectivity index (χ1v) is 11.0. The van der Waals surface area contributed by atoms with E-state index in [2.05, 4.69) is 20.2 Å². The van der Waals surface area contributed by atoms with E-state index in [9.17, 15) is 8.42 Å². The Balaban J connectivity index is 1.71. The van der Waals surface area contributed by atoms with Gasteiger partial charge in [0, 0.05) is 24.8 Å². The summed E-state index contributed by atoms with van der Waals surface area (Å²) in [5.74, 6) is 2.01. The minimum atomic E-state index is -2.90. The van der Waals surface area contributed by atoms with Gasteiger partial charge in [0.25, 0.3) is 0 Å². The van der Waals surface area contributed by atoms with Crippen LogP contribution >= 0.6 is 0 Å². The number of anilines is 2. The average Bonchev–Trinajstić information content (AvgIpc) is 2.75. The molecule has 1 aliphatic heterocycles. The fourth-order valence-corrected chi connectivity index (χ4v) is 5.54. The Labute approximate surface area is 145 Å². The molecule has 1 saturated heterocycles. The molecule has 1 aliphatic carbocycles. The summed E-state index contributed by atoms with van der Waals surface area (Å²) in [6.45, 7) is 2.80. The zero-order chi connectivity index (χ0) is 17.0. The average molecular weight is 353 g/mol. The van der Waals surface area contributed by atoms with Gasteiger partial charge in [-0.2, -0.15) is 4.98 Å². The van der Waals surface area contributed by atoms with E-state index < -0.39 is 9.84 Å². The molecule has 1 unspecified atom stereocenters. The Morgan fingerprint density at radius 2 is 1.96 bits per heavy atom. The SMILES string of the molecule is CCN(c1ccnc(NC2CCCCCC2)n1)C1CCS(=O)(=O)C1. The highest BCUT2D eigenvalue weighted by Crippen LogP contribution is 2.24. The highest BCUT2D eigenvalue weighted by atomic mass is 32.2. The Morgan fingerprint density at radius 3 is 2.58 bits per heavy atom. The van der Waals surface area contributed by atoms with Gasteiger partial charge in [-0.05, 0) is 32.3 Å². The molecule has 134 valence electrons. The van der Waals surface area contributed by atoms with Crippen molar-refractivity contribution in [1.82, 2.24) is 9.97 Å². The van der Waals surface area contributed by atoms with E-state index in [1.54, 1.807) is 6.20 Å². The number of hydrogen-bond acceptors (Lipinski definition) is 6. The van der Waals surface area contributed by atoms with Gasteiger partial charge in [-0.1, -0.05) is 25.7 Å². The van der Waals surface area contributed by atoms with E-state index in [0.717, 1.165) is 12.4 Å². The molecule has 24 heavy (non-hydrogen) atoms. The van der Waals surface area contributed by atoms with Crippen molar-refractivity contribution in [2.24, 2.45) is 0 Å². The maximum absolute atomic E-state index is 11.8. The fraction of sp³-hybridized carbons (Fsp3) is 0.765. The van der Waals surface area contributed by atoms with E-state index in [4.69, 9.17) is 0 Å². The number of sulfone groups is 1. The van der Waals surface area contributed by atoms with Crippen LogP contribution in [0.2, 0.25) is 0 Å². The van der Waals surface area contributed by atoms with Gasteiger partial charge in [-0.3, -0.25) is 0 Å². The first-order valence-electron chi connectivity index (χ1n) is 9.14. The van der Waals surface area contributed by atoms with Crippen molar-refractivity contribution in [3.8, 4) is 0 Å². The maximum atomic E-state index is 11.8. The topological polar surface area (TPSA) is 75.2 Å². The zero-order valence-corrected chi connectivity index (χ0v) is 15.3. The summed E-state index contributed by atoms with van der Waals surface area (Å²) in [4.78, 5) is 11.1. The smallest absolute Gasteiger partial charge is 0.224 e. The number of nitrogens with zero attached hydrogens (tertiary/aromatic N) is 3. The van der Waals surface area contributed by atoms with Gasteiger partial charge < -0.3 is 10.2 Å². The van der Waals surface area contributed by atoms with Crippen molar-refractivity contribution in [3.63, 3.8) is 0 Å². The highest BCUT2D eigenvalue weighted by molar-refractivity contribution is 7.91. The lowest BCUT2D eigenvalue weighted by atomic mass is 10.1. The number of nitrogens with one attached hydrogen (secondary N) is 1. The Morgan fingerprint density at radius 1 is 1.21 bits per heavy atom. The molecule has 1 atom stereocenters. The lowest BCUT2D eigenvalue weighted by Crippen LogP contribution is -2.37. The van der Waals surface area contributed by atoms with Crippen molar-refractivity contribution < 1.29 is 8.42 Å². The van der Waals surface area contributed by atoms with Crippen LogP contribution in [0.3, 0.4) is 0 Å². The van der Waals surface area contributed by atoms with Crippen LogP contribution in [-0.2, 0) is 9.84 Å².